The molecule has 0 aromatic heterocycles. The lowest BCUT2D eigenvalue weighted by Crippen LogP contribution is -2.84. The van der Waals surface area contributed by atoms with Crippen LogP contribution in [0.2, 0.25) is 5.31 Å². The Morgan fingerprint density at radius 3 is 2.11 bits per heavy atom. The number of nitrogens with zero attached hydrogens (tertiary/aromatic N) is 1. The summed E-state index contributed by atoms with van der Waals surface area (Å²) in [6.45, 7) is 5.07. The maximum Gasteiger partial charge on any atom is 0.178 e. The minimum atomic E-state index is -1.27. The first kappa shape index (κ1) is 14.6. The van der Waals surface area contributed by atoms with Crippen molar-refractivity contribution in [2.75, 3.05) is 6.54 Å². The number of rotatable bonds is 0. The SMILES string of the molecule is BC1(B)OC(B)(O)C2(B)BC(C)(C)CN2C1(B)O. The molecule has 0 spiro atoms. The number of morpholine rings is 1. The molecule has 2 fully saturated rings. The van der Waals surface area contributed by atoms with Crippen LogP contribution in [-0.4, -0.2) is 90.2 Å². The van der Waals surface area contributed by atoms with E-state index < -0.39 is 22.0 Å². The molecule has 0 aromatic carbocycles. The van der Waals surface area contributed by atoms with Gasteiger partial charge in [-0.05, 0) is 11.9 Å². The molecule has 0 amide bonds. The summed E-state index contributed by atoms with van der Waals surface area (Å²) < 4.78 is 5.85. The largest absolute Gasteiger partial charge is 0.383 e. The molecule has 3 unspecified atom stereocenters. The fraction of sp³-hybridized carbons (Fsp3) is 1.00. The van der Waals surface area contributed by atoms with Gasteiger partial charge in [-0.1, -0.05) is 13.8 Å². The Morgan fingerprint density at radius 1 is 1.11 bits per heavy atom. The van der Waals surface area contributed by atoms with E-state index in [-0.39, 0.29) is 5.31 Å². The molecule has 2 rings (SSSR count). The standard InChI is InChI=1S/C8H21B6NO3/c1-4(2)3-15-6(11,14-4)8(13,17)18-5(9,10)7(15,12)16/h14,16-17H,3,9-13H2,1-2H3. The van der Waals surface area contributed by atoms with Crippen molar-refractivity contribution < 1.29 is 14.9 Å². The zero-order valence-corrected chi connectivity index (χ0v) is 12.7. The first-order chi connectivity index (χ1) is 7.75. The number of fused-ring (bicyclic) bond motifs is 1. The van der Waals surface area contributed by atoms with Crippen molar-refractivity contribution in [3.05, 3.63) is 0 Å². The van der Waals surface area contributed by atoms with E-state index in [0.29, 0.717) is 0 Å². The average molecular weight is 244 g/mol. The number of hydrogen-bond donors (Lipinski definition) is 2. The predicted octanol–water partition coefficient (Wildman–Crippen LogP) is -6.27. The van der Waals surface area contributed by atoms with Gasteiger partial charge in [0.2, 0.25) is 0 Å². The molecular formula is C8H21B6NO3. The van der Waals surface area contributed by atoms with E-state index in [1.54, 1.807) is 15.7 Å². The Morgan fingerprint density at radius 2 is 1.61 bits per heavy atom. The normalized spacial score (nSPS) is 50.4. The molecule has 0 aliphatic carbocycles. The second-order valence-electron chi connectivity index (χ2n) is 7.82. The van der Waals surface area contributed by atoms with Gasteiger partial charge in [-0.3, -0.25) is 4.90 Å². The highest BCUT2D eigenvalue weighted by Crippen LogP contribution is 2.50. The van der Waals surface area contributed by atoms with Crippen molar-refractivity contribution in [3.63, 3.8) is 0 Å². The fourth-order valence-electron chi connectivity index (χ4n) is 3.76. The molecule has 0 aromatic rings. The first-order valence-electron chi connectivity index (χ1n) is 6.68. The Hall–Kier alpha value is 0.230. The highest BCUT2D eigenvalue weighted by atomic mass is 16.6. The molecule has 2 heterocycles. The van der Waals surface area contributed by atoms with E-state index in [1.807, 2.05) is 28.4 Å². The molecule has 94 valence electrons. The van der Waals surface area contributed by atoms with Gasteiger partial charge in [0.05, 0.1) is 5.62 Å². The van der Waals surface area contributed by atoms with Gasteiger partial charge in [-0.2, -0.15) is 0 Å². The second kappa shape index (κ2) is 3.46. The Kier molecular flexibility index (Phi) is 2.81. The first-order valence-corrected chi connectivity index (χ1v) is 6.68. The van der Waals surface area contributed by atoms with E-state index in [9.17, 15) is 10.2 Å². The summed E-state index contributed by atoms with van der Waals surface area (Å²) >= 11 is 0. The van der Waals surface area contributed by atoms with Crippen molar-refractivity contribution in [1.82, 2.24) is 4.90 Å². The zero-order chi connectivity index (χ0) is 14.2. The summed E-state index contributed by atoms with van der Waals surface area (Å²) in [5.41, 5.74) is -2.37. The smallest absolute Gasteiger partial charge is 0.178 e. The van der Waals surface area contributed by atoms with Crippen LogP contribution in [0.25, 0.3) is 0 Å². The topological polar surface area (TPSA) is 52.9 Å². The minimum absolute atomic E-state index is 0.0481. The lowest BCUT2D eigenvalue weighted by Gasteiger charge is -2.64. The van der Waals surface area contributed by atoms with Crippen LogP contribution in [0.1, 0.15) is 13.8 Å². The number of aliphatic hydroxyl groups is 2. The molecule has 0 saturated carbocycles. The van der Waals surface area contributed by atoms with Crippen molar-refractivity contribution in [2.45, 2.75) is 41.2 Å². The average Bonchev–Trinajstić information content (AvgIpc) is 2.34. The number of ether oxygens (including phenoxy) is 1. The van der Waals surface area contributed by atoms with E-state index in [0.717, 1.165) is 13.8 Å². The van der Waals surface area contributed by atoms with Crippen LogP contribution in [0.4, 0.5) is 0 Å². The summed E-state index contributed by atoms with van der Waals surface area (Å²) in [6, 6.07) is 0. The van der Waals surface area contributed by atoms with Gasteiger partial charge in [0.1, 0.15) is 36.5 Å². The van der Waals surface area contributed by atoms with Crippen molar-refractivity contribution in [3.8, 4) is 0 Å². The van der Waals surface area contributed by atoms with Gasteiger partial charge in [0.15, 0.2) is 15.7 Å². The molecule has 2 aliphatic heterocycles. The van der Waals surface area contributed by atoms with E-state index in [1.165, 1.54) is 0 Å². The van der Waals surface area contributed by atoms with E-state index >= 15 is 0 Å². The summed E-state index contributed by atoms with van der Waals surface area (Å²) in [5.74, 6) is 0. The summed E-state index contributed by atoms with van der Waals surface area (Å²) in [5, 5.41) is 20.3. The Bertz CT molecular complexity index is 387. The third-order valence-electron chi connectivity index (χ3n) is 5.12. The summed E-state index contributed by atoms with van der Waals surface area (Å²) in [4.78, 5) is 2.02. The number of hydrogen-bond acceptors (Lipinski definition) is 4. The Labute approximate surface area is 114 Å². The molecule has 10 heteroatoms. The van der Waals surface area contributed by atoms with Crippen LogP contribution in [0.15, 0.2) is 0 Å². The highest BCUT2D eigenvalue weighted by molar-refractivity contribution is 6.61. The lowest BCUT2D eigenvalue weighted by atomic mass is 9.34. The predicted molar refractivity (Wildman–Crippen MR) is 87.1 cm³/mol. The molecule has 0 radical (unpaired) electrons. The zero-order valence-electron chi connectivity index (χ0n) is 12.7. The van der Waals surface area contributed by atoms with Crippen molar-refractivity contribution in [1.29, 1.82) is 0 Å². The highest BCUT2D eigenvalue weighted by Gasteiger charge is 2.68. The third kappa shape index (κ3) is 1.69. The van der Waals surface area contributed by atoms with Gasteiger partial charge < -0.3 is 14.9 Å². The molecule has 4 nitrogen and oxygen atoms in total. The molecule has 2 N–H and O–H groups in total. The van der Waals surface area contributed by atoms with E-state index in [4.69, 9.17) is 4.74 Å². The van der Waals surface area contributed by atoms with Crippen LogP contribution < -0.4 is 0 Å². The fourth-order valence-corrected chi connectivity index (χ4v) is 3.76. The van der Waals surface area contributed by atoms with Crippen LogP contribution in [0, 0.1) is 0 Å². The van der Waals surface area contributed by atoms with Gasteiger partial charge >= 0.3 is 0 Å². The van der Waals surface area contributed by atoms with E-state index in [2.05, 4.69) is 13.8 Å². The molecule has 18 heavy (non-hydrogen) atoms. The van der Waals surface area contributed by atoms with Crippen LogP contribution in [-0.2, 0) is 4.74 Å². The molecular weight excluding hydrogens is 223 g/mol. The summed E-state index contributed by atoms with van der Waals surface area (Å²) in [6.07, 6.45) is 0. The summed E-state index contributed by atoms with van der Waals surface area (Å²) in [7, 11) is 9.91. The lowest BCUT2D eigenvalue weighted by molar-refractivity contribution is -0.297. The second-order valence-corrected chi connectivity index (χ2v) is 7.82. The molecule has 3 atom stereocenters. The van der Waals surface area contributed by atoms with Crippen LogP contribution in [0.3, 0.4) is 0 Å². The van der Waals surface area contributed by atoms with Crippen LogP contribution in [0.5, 0.6) is 0 Å². The Balaban J connectivity index is 2.55. The quantitative estimate of drug-likeness (QED) is 0.416. The van der Waals surface area contributed by atoms with Gasteiger partial charge in [-0.25, -0.2) is 0 Å². The molecule has 2 saturated heterocycles. The minimum Gasteiger partial charge on any atom is -0.383 e. The molecule has 0 bridgehead atoms. The third-order valence-corrected chi connectivity index (χ3v) is 5.12. The van der Waals surface area contributed by atoms with Gasteiger partial charge in [0.25, 0.3) is 0 Å². The van der Waals surface area contributed by atoms with Crippen molar-refractivity contribution >= 4 is 46.5 Å². The van der Waals surface area contributed by atoms with Gasteiger partial charge in [-0.15, -0.1) is 0 Å². The maximum atomic E-state index is 10.9. The monoisotopic (exact) mass is 245 g/mol. The maximum absolute atomic E-state index is 10.9. The van der Waals surface area contributed by atoms with Crippen LogP contribution >= 0.6 is 0 Å². The van der Waals surface area contributed by atoms with Crippen molar-refractivity contribution in [2.24, 2.45) is 0 Å². The van der Waals surface area contributed by atoms with Gasteiger partial charge in [0, 0.05) is 10.7 Å². The molecule has 2 aliphatic rings.